The summed E-state index contributed by atoms with van der Waals surface area (Å²) in [6.07, 6.45) is 1.86. The van der Waals surface area contributed by atoms with E-state index in [1.807, 2.05) is 41.1 Å². The maximum absolute atomic E-state index is 14.0. The summed E-state index contributed by atoms with van der Waals surface area (Å²) < 4.78 is 25.9. The van der Waals surface area contributed by atoms with Crippen LogP contribution in [0, 0.1) is 5.82 Å². The Labute approximate surface area is 145 Å². The quantitative estimate of drug-likeness (QED) is 0.669. The Morgan fingerprint density at radius 2 is 2.00 bits per heavy atom. The SMILES string of the molecule is COCCOc1ccc(NC(=O)Cn2ccc3ccccc32)cc1F. The highest BCUT2D eigenvalue weighted by atomic mass is 19.1. The van der Waals surface area contributed by atoms with Crippen LogP contribution in [0.5, 0.6) is 5.75 Å². The predicted molar refractivity (Wildman–Crippen MR) is 94.3 cm³/mol. The number of carbonyl (C=O) groups is 1. The number of anilines is 1. The molecular weight excluding hydrogens is 323 g/mol. The van der Waals surface area contributed by atoms with Gasteiger partial charge in [0.05, 0.1) is 6.61 Å². The van der Waals surface area contributed by atoms with E-state index >= 15 is 0 Å². The zero-order chi connectivity index (χ0) is 17.6. The fraction of sp³-hybridized carbons (Fsp3) is 0.211. The van der Waals surface area contributed by atoms with Gasteiger partial charge in [-0.2, -0.15) is 0 Å². The minimum absolute atomic E-state index is 0.131. The Morgan fingerprint density at radius 3 is 2.80 bits per heavy atom. The van der Waals surface area contributed by atoms with Gasteiger partial charge in [0, 0.05) is 30.6 Å². The third kappa shape index (κ3) is 4.16. The van der Waals surface area contributed by atoms with Crippen LogP contribution in [-0.2, 0) is 16.1 Å². The van der Waals surface area contributed by atoms with Crippen molar-refractivity contribution < 1.29 is 18.7 Å². The van der Waals surface area contributed by atoms with E-state index in [1.54, 1.807) is 13.2 Å². The Bertz CT molecular complexity index is 876. The molecule has 0 spiro atoms. The largest absolute Gasteiger partial charge is 0.488 e. The Hall–Kier alpha value is -2.86. The van der Waals surface area contributed by atoms with Crippen LogP contribution in [0.4, 0.5) is 10.1 Å². The van der Waals surface area contributed by atoms with Gasteiger partial charge in [-0.1, -0.05) is 18.2 Å². The first-order chi connectivity index (χ1) is 12.2. The van der Waals surface area contributed by atoms with E-state index in [0.717, 1.165) is 10.9 Å². The van der Waals surface area contributed by atoms with Gasteiger partial charge in [0.15, 0.2) is 11.6 Å². The molecule has 1 amide bonds. The lowest BCUT2D eigenvalue weighted by Crippen LogP contribution is -2.18. The minimum Gasteiger partial charge on any atom is -0.488 e. The van der Waals surface area contributed by atoms with Crippen LogP contribution >= 0.6 is 0 Å². The Kier molecular flexibility index (Phi) is 5.30. The number of nitrogens with zero attached hydrogens (tertiary/aromatic N) is 1. The topological polar surface area (TPSA) is 52.5 Å². The van der Waals surface area contributed by atoms with Gasteiger partial charge in [0.2, 0.25) is 5.91 Å². The van der Waals surface area contributed by atoms with Crippen LogP contribution in [0.15, 0.2) is 54.7 Å². The number of nitrogens with one attached hydrogen (secondary N) is 1. The third-order valence-corrected chi connectivity index (χ3v) is 3.75. The summed E-state index contributed by atoms with van der Waals surface area (Å²) >= 11 is 0. The molecule has 3 aromatic rings. The van der Waals surface area contributed by atoms with Crippen molar-refractivity contribution in [3.05, 3.63) is 60.5 Å². The maximum Gasteiger partial charge on any atom is 0.244 e. The molecule has 3 rings (SSSR count). The predicted octanol–water partition coefficient (Wildman–Crippen LogP) is 3.44. The molecule has 0 saturated heterocycles. The monoisotopic (exact) mass is 342 g/mol. The molecule has 25 heavy (non-hydrogen) atoms. The number of hydrogen-bond donors (Lipinski definition) is 1. The van der Waals surface area contributed by atoms with E-state index in [-0.39, 0.29) is 24.8 Å². The molecule has 0 aliphatic rings. The number of fused-ring (bicyclic) bond motifs is 1. The molecule has 5 nitrogen and oxygen atoms in total. The number of para-hydroxylation sites is 1. The first kappa shape index (κ1) is 17.0. The molecule has 1 aromatic heterocycles. The molecule has 0 bridgehead atoms. The highest BCUT2D eigenvalue weighted by Gasteiger charge is 2.09. The summed E-state index contributed by atoms with van der Waals surface area (Å²) in [6.45, 7) is 0.795. The van der Waals surface area contributed by atoms with Gasteiger partial charge in [-0.3, -0.25) is 4.79 Å². The highest BCUT2D eigenvalue weighted by Crippen LogP contribution is 2.21. The molecule has 2 aromatic carbocycles. The second-order valence-electron chi connectivity index (χ2n) is 5.54. The van der Waals surface area contributed by atoms with Gasteiger partial charge in [-0.25, -0.2) is 4.39 Å². The fourth-order valence-corrected chi connectivity index (χ4v) is 2.56. The van der Waals surface area contributed by atoms with Crippen molar-refractivity contribution in [3.63, 3.8) is 0 Å². The molecule has 0 unspecified atom stereocenters. The molecule has 0 saturated carbocycles. The number of halogens is 1. The summed E-state index contributed by atoms with van der Waals surface area (Å²) in [5.74, 6) is -0.624. The average Bonchev–Trinajstić information content (AvgIpc) is 3.00. The van der Waals surface area contributed by atoms with Gasteiger partial charge in [0.1, 0.15) is 13.2 Å². The van der Waals surface area contributed by atoms with Crippen molar-refractivity contribution in [2.24, 2.45) is 0 Å². The normalized spacial score (nSPS) is 10.8. The second-order valence-corrected chi connectivity index (χ2v) is 5.54. The maximum atomic E-state index is 14.0. The van der Waals surface area contributed by atoms with Crippen LogP contribution in [0.2, 0.25) is 0 Å². The smallest absolute Gasteiger partial charge is 0.244 e. The minimum atomic E-state index is -0.527. The summed E-state index contributed by atoms with van der Waals surface area (Å²) in [4.78, 5) is 12.2. The lowest BCUT2D eigenvalue weighted by molar-refractivity contribution is -0.116. The molecule has 0 aliphatic carbocycles. The number of carbonyl (C=O) groups excluding carboxylic acids is 1. The van der Waals surface area contributed by atoms with E-state index in [2.05, 4.69) is 5.32 Å². The van der Waals surface area contributed by atoms with Crippen molar-refractivity contribution in [1.29, 1.82) is 0 Å². The molecule has 1 N–H and O–H groups in total. The Morgan fingerprint density at radius 1 is 1.16 bits per heavy atom. The first-order valence-electron chi connectivity index (χ1n) is 7.92. The zero-order valence-corrected chi connectivity index (χ0v) is 13.9. The van der Waals surface area contributed by atoms with Crippen molar-refractivity contribution in [3.8, 4) is 5.75 Å². The average molecular weight is 342 g/mol. The fourth-order valence-electron chi connectivity index (χ4n) is 2.56. The van der Waals surface area contributed by atoms with Gasteiger partial charge >= 0.3 is 0 Å². The van der Waals surface area contributed by atoms with Gasteiger partial charge in [-0.05, 0) is 29.7 Å². The number of methoxy groups -OCH3 is 1. The second kappa shape index (κ2) is 7.81. The number of hydrogen-bond acceptors (Lipinski definition) is 3. The Balaban J connectivity index is 1.63. The van der Waals surface area contributed by atoms with Gasteiger partial charge in [-0.15, -0.1) is 0 Å². The van der Waals surface area contributed by atoms with Crippen LogP contribution in [0.25, 0.3) is 10.9 Å². The van der Waals surface area contributed by atoms with Crippen molar-refractivity contribution in [2.45, 2.75) is 6.54 Å². The van der Waals surface area contributed by atoms with Crippen molar-refractivity contribution in [1.82, 2.24) is 4.57 Å². The van der Waals surface area contributed by atoms with Gasteiger partial charge < -0.3 is 19.4 Å². The van der Waals surface area contributed by atoms with E-state index in [9.17, 15) is 9.18 Å². The lowest BCUT2D eigenvalue weighted by atomic mass is 10.2. The van der Waals surface area contributed by atoms with E-state index in [1.165, 1.54) is 12.1 Å². The summed E-state index contributed by atoms with van der Waals surface area (Å²) in [7, 11) is 1.55. The molecule has 0 fully saturated rings. The van der Waals surface area contributed by atoms with Crippen molar-refractivity contribution >= 4 is 22.5 Å². The molecule has 6 heteroatoms. The van der Waals surface area contributed by atoms with Gasteiger partial charge in [0.25, 0.3) is 0 Å². The van der Waals surface area contributed by atoms with Crippen LogP contribution in [-0.4, -0.2) is 30.8 Å². The molecule has 0 aliphatic heterocycles. The molecule has 130 valence electrons. The van der Waals surface area contributed by atoms with Crippen LogP contribution < -0.4 is 10.1 Å². The zero-order valence-electron chi connectivity index (χ0n) is 13.9. The first-order valence-corrected chi connectivity index (χ1v) is 7.92. The summed E-state index contributed by atoms with van der Waals surface area (Å²) in [6, 6.07) is 14.1. The van der Waals surface area contributed by atoms with Crippen LogP contribution in [0.1, 0.15) is 0 Å². The van der Waals surface area contributed by atoms with E-state index in [4.69, 9.17) is 9.47 Å². The summed E-state index contributed by atoms with van der Waals surface area (Å²) in [5.41, 5.74) is 1.36. The van der Waals surface area contributed by atoms with E-state index in [0.29, 0.717) is 12.3 Å². The molecule has 0 atom stereocenters. The molecule has 0 radical (unpaired) electrons. The number of benzene rings is 2. The van der Waals surface area contributed by atoms with Crippen molar-refractivity contribution in [2.75, 3.05) is 25.6 Å². The number of rotatable bonds is 7. The summed E-state index contributed by atoms with van der Waals surface area (Å²) in [5, 5.41) is 3.77. The number of aromatic nitrogens is 1. The molecular formula is C19H19FN2O3. The number of amides is 1. The van der Waals surface area contributed by atoms with Crippen LogP contribution in [0.3, 0.4) is 0 Å². The third-order valence-electron chi connectivity index (χ3n) is 3.75. The highest BCUT2D eigenvalue weighted by molar-refractivity contribution is 5.92. The van der Waals surface area contributed by atoms with E-state index < -0.39 is 5.82 Å². The standard InChI is InChI=1S/C19H19FN2O3/c1-24-10-11-25-18-7-6-15(12-16(18)20)21-19(23)13-22-9-8-14-4-2-3-5-17(14)22/h2-9,12H,10-11,13H2,1H3,(H,21,23). The number of ether oxygens (including phenoxy) is 2. The lowest BCUT2D eigenvalue weighted by Gasteiger charge is -2.10. The molecule has 1 heterocycles.